The molecule has 1 saturated heterocycles. The number of rotatable bonds is 3. The Balaban J connectivity index is 1.83. The zero-order chi connectivity index (χ0) is 14.8. The molecule has 2 heterocycles. The van der Waals surface area contributed by atoms with Gasteiger partial charge in [-0.2, -0.15) is 0 Å². The van der Waals surface area contributed by atoms with Gasteiger partial charge in [0.05, 0.1) is 4.99 Å². The molecule has 0 unspecified atom stereocenters. The fourth-order valence-corrected chi connectivity index (χ4v) is 3.42. The first-order chi connectivity index (χ1) is 10.1. The monoisotopic (exact) mass is 364 g/mol. The van der Waals surface area contributed by atoms with Gasteiger partial charge >= 0.3 is 0 Å². The number of benzene rings is 1. The second kappa shape index (κ2) is 6.25. The lowest BCUT2D eigenvalue weighted by molar-refractivity contribution is 0.292. The zero-order valence-corrected chi connectivity index (χ0v) is 14.0. The predicted octanol–water partition coefficient (Wildman–Crippen LogP) is 2.41. The summed E-state index contributed by atoms with van der Waals surface area (Å²) in [5.41, 5.74) is 5.62. The fourth-order valence-electron chi connectivity index (χ4n) is 2.74. The SMILES string of the molecule is NC(=S)CN1CCN(c2nccc3c(Br)cccc23)CC1. The van der Waals surface area contributed by atoms with Crippen molar-refractivity contribution in [2.75, 3.05) is 37.6 Å². The first kappa shape index (κ1) is 14.7. The highest BCUT2D eigenvalue weighted by atomic mass is 79.9. The Hall–Kier alpha value is -1.24. The minimum Gasteiger partial charge on any atom is -0.392 e. The van der Waals surface area contributed by atoms with Gasteiger partial charge in [-0.15, -0.1) is 0 Å². The number of thiocarbonyl (C=S) groups is 1. The van der Waals surface area contributed by atoms with Gasteiger partial charge in [0.25, 0.3) is 0 Å². The molecule has 21 heavy (non-hydrogen) atoms. The van der Waals surface area contributed by atoms with Crippen LogP contribution in [0.3, 0.4) is 0 Å². The lowest BCUT2D eigenvalue weighted by atomic mass is 10.1. The van der Waals surface area contributed by atoms with Crippen LogP contribution in [0.1, 0.15) is 0 Å². The van der Waals surface area contributed by atoms with Crippen LogP contribution in [0.2, 0.25) is 0 Å². The molecule has 0 saturated carbocycles. The Labute approximate surface area is 138 Å². The Morgan fingerprint density at radius 1 is 1.19 bits per heavy atom. The highest BCUT2D eigenvalue weighted by Crippen LogP contribution is 2.30. The van der Waals surface area contributed by atoms with E-state index in [4.69, 9.17) is 18.0 Å². The Kier molecular flexibility index (Phi) is 4.37. The van der Waals surface area contributed by atoms with E-state index in [0.29, 0.717) is 11.5 Å². The number of aromatic nitrogens is 1. The first-order valence-electron chi connectivity index (χ1n) is 6.94. The van der Waals surface area contributed by atoms with Crippen LogP contribution in [0, 0.1) is 0 Å². The van der Waals surface area contributed by atoms with Gasteiger partial charge in [-0.25, -0.2) is 4.98 Å². The van der Waals surface area contributed by atoms with E-state index < -0.39 is 0 Å². The molecule has 2 N–H and O–H groups in total. The van der Waals surface area contributed by atoms with Crippen molar-refractivity contribution in [3.8, 4) is 0 Å². The molecule has 0 radical (unpaired) electrons. The van der Waals surface area contributed by atoms with Crippen molar-refractivity contribution in [1.82, 2.24) is 9.88 Å². The molecule has 1 aliphatic rings. The molecule has 6 heteroatoms. The summed E-state index contributed by atoms with van der Waals surface area (Å²) in [6, 6.07) is 8.29. The van der Waals surface area contributed by atoms with Crippen molar-refractivity contribution >= 4 is 49.7 Å². The average Bonchev–Trinajstić information content (AvgIpc) is 2.48. The van der Waals surface area contributed by atoms with Crippen molar-refractivity contribution < 1.29 is 0 Å². The molecule has 2 aromatic rings. The highest BCUT2D eigenvalue weighted by molar-refractivity contribution is 9.10. The number of nitrogens with two attached hydrogens (primary N) is 1. The lowest BCUT2D eigenvalue weighted by Crippen LogP contribution is -2.48. The highest BCUT2D eigenvalue weighted by Gasteiger charge is 2.20. The number of piperazine rings is 1. The largest absolute Gasteiger partial charge is 0.392 e. The van der Waals surface area contributed by atoms with Crippen molar-refractivity contribution in [2.45, 2.75) is 0 Å². The summed E-state index contributed by atoms with van der Waals surface area (Å²) in [6.07, 6.45) is 1.88. The standard InChI is InChI=1S/C15H17BrN4S/c16-13-3-1-2-12-11(13)4-5-18-15(12)20-8-6-19(7-9-20)10-14(17)21/h1-5H,6-10H2,(H2,17,21). The molecule has 0 amide bonds. The van der Waals surface area contributed by atoms with Gasteiger partial charge in [0, 0.05) is 54.2 Å². The van der Waals surface area contributed by atoms with Crippen molar-refractivity contribution in [1.29, 1.82) is 0 Å². The van der Waals surface area contributed by atoms with E-state index in [-0.39, 0.29) is 0 Å². The Morgan fingerprint density at radius 2 is 1.95 bits per heavy atom. The van der Waals surface area contributed by atoms with Crippen molar-refractivity contribution in [3.63, 3.8) is 0 Å². The number of hydrogen-bond acceptors (Lipinski definition) is 4. The van der Waals surface area contributed by atoms with E-state index in [9.17, 15) is 0 Å². The van der Waals surface area contributed by atoms with Crippen LogP contribution in [0.15, 0.2) is 34.9 Å². The normalized spacial score (nSPS) is 16.3. The molecule has 1 fully saturated rings. The number of halogens is 1. The van der Waals surface area contributed by atoms with E-state index in [1.54, 1.807) is 0 Å². The van der Waals surface area contributed by atoms with Gasteiger partial charge in [0.15, 0.2) is 0 Å². The van der Waals surface area contributed by atoms with Gasteiger partial charge in [-0.05, 0) is 12.1 Å². The summed E-state index contributed by atoms with van der Waals surface area (Å²) >= 11 is 8.59. The van der Waals surface area contributed by atoms with Gasteiger partial charge in [0.1, 0.15) is 5.82 Å². The maximum Gasteiger partial charge on any atom is 0.136 e. The maximum atomic E-state index is 5.62. The second-order valence-electron chi connectivity index (χ2n) is 5.20. The number of nitrogens with zero attached hydrogens (tertiary/aromatic N) is 3. The van der Waals surface area contributed by atoms with E-state index in [1.165, 1.54) is 10.8 Å². The molecule has 1 aliphatic heterocycles. The van der Waals surface area contributed by atoms with Gasteiger partial charge < -0.3 is 10.6 Å². The summed E-state index contributed by atoms with van der Waals surface area (Å²) in [4.78, 5) is 9.79. The Bertz CT molecular complexity index is 668. The van der Waals surface area contributed by atoms with Crippen LogP contribution in [0.25, 0.3) is 10.8 Å². The summed E-state index contributed by atoms with van der Waals surface area (Å²) in [7, 11) is 0. The quantitative estimate of drug-likeness (QED) is 0.847. The van der Waals surface area contributed by atoms with Crippen LogP contribution in [0.4, 0.5) is 5.82 Å². The molecule has 3 rings (SSSR count). The molecule has 0 bridgehead atoms. The molecule has 0 aliphatic carbocycles. The third-order valence-corrected chi connectivity index (χ3v) is 4.60. The Morgan fingerprint density at radius 3 is 2.67 bits per heavy atom. The van der Waals surface area contributed by atoms with E-state index in [1.807, 2.05) is 12.3 Å². The van der Waals surface area contributed by atoms with Crippen molar-refractivity contribution in [3.05, 3.63) is 34.9 Å². The number of anilines is 1. The van der Waals surface area contributed by atoms with Crippen LogP contribution in [0.5, 0.6) is 0 Å². The topological polar surface area (TPSA) is 45.4 Å². The zero-order valence-electron chi connectivity index (χ0n) is 11.6. The van der Waals surface area contributed by atoms with E-state index >= 15 is 0 Å². The molecule has 110 valence electrons. The van der Waals surface area contributed by atoms with Crippen LogP contribution < -0.4 is 10.6 Å². The third-order valence-electron chi connectivity index (χ3n) is 3.78. The predicted molar refractivity (Wildman–Crippen MR) is 94.9 cm³/mol. The minimum atomic E-state index is 0.565. The van der Waals surface area contributed by atoms with E-state index in [0.717, 1.165) is 36.5 Å². The lowest BCUT2D eigenvalue weighted by Gasteiger charge is -2.35. The van der Waals surface area contributed by atoms with Crippen LogP contribution >= 0.6 is 28.1 Å². The third kappa shape index (κ3) is 3.17. The molecule has 0 atom stereocenters. The van der Waals surface area contributed by atoms with Gasteiger partial charge in [-0.1, -0.05) is 40.3 Å². The molecule has 1 aromatic heterocycles. The number of fused-ring (bicyclic) bond motifs is 1. The maximum absolute atomic E-state index is 5.62. The van der Waals surface area contributed by atoms with Crippen LogP contribution in [-0.2, 0) is 0 Å². The summed E-state index contributed by atoms with van der Waals surface area (Å²) in [5, 5.41) is 2.39. The summed E-state index contributed by atoms with van der Waals surface area (Å²) < 4.78 is 1.11. The molecule has 1 aromatic carbocycles. The van der Waals surface area contributed by atoms with E-state index in [2.05, 4.69) is 48.9 Å². The number of pyridine rings is 1. The first-order valence-corrected chi connectivity index (χ1v) is 8.14. The smallest absolute Gasteiger partial charge is 0.136 e. The average molecular weight is 365 g/mol. The number of hydrogen-bond donors (Lipinski definition) is 1. The van der Waals surface area contributed by atoms with Gasteiger partial charge in [-0.3, -0.25) is 4.90 Å². The second-order valence-corrected chi connectivity index (χ2v) is 6.58. The molecule has 0 spiro atoms. The van der Waals surface area contributed by atoms with Crippen LogP contribution in [-0.4, -0.2) is 47.6 Å². The molecular weight excluding hydrogens is 348 g/mol. The molecular formula is C15H17BrN4S. The minimum absolute atomic E-state index is 0.565. The summed E-state index contributed by atoms with van der Waals surface area (Å²) in [6.45, 7) is 4.52. The molecule has 4 nitrogen and oxygen atoms in total. The summed E-state index contributed by atoms with van der Waals surface area (Å²) in [5.74, 6) is 1.06. The van der Waals surface area contributed by atoms with Gasteiger partial charge in [0.2, 0.25) is 0 Å². The fraction of sp³-hybridized carbons (Fsp3) is 0.333. The van der Waals surface area contributed by atoms with Crippen molar-refractivity contribution in [2.24, 2.45) is 5.73 Å².